The molecule has 0 radical (unpaired) electrons. The highest BCUT2D eigenvalue weighted by molar-refractivity contribution is 7.53. The number of nitriles is 1. The van der Waals surface area contributed by atoms with Crippen LogP contribution in [0.1, 0.15) is 26.7 Å². The van der Waals surface area contributed by atoms with Crippen LogP contribution in [0.2, 0.25) is 0 Å². The van der Waals surface area contributed by atoms with Crippen molar-refractivity contribution in [1.82, 2.24) is 4.90 Å². The third-order valence-corrected chi connectivity index (χ3v) is 4.88. The minimum atomic E-state index is -2.96. The molecule has 1 atom stereocenters. The van der Waals surface area contributed by atoms with Gasteiger partial charge in [0.15, 0.2) is 0 Å². The lowest BCUT2D eigenvalue weighted by molar-refractivity contribution is 0.213. The average Bonchev–Trinajstić information content (AvgIpc) is 2.74. The number of likely N-dealkylation sites (tertiary alicyclic amines) is 1. The molecule has 1 aliphatic rings. The second kappa shape index (κ2) is 7.13. The van der Waals surface area contributed by atoms with Crippen LogP contribution in [0.15, 0.2) is 0 Å². The van der Waals surface area contributed by atoms with E-state index in [0.29, 0.717) is 25.9 Å². The van der Waals surface area contributed by atoms with Gasteiger partial charge in [-0.25, -0.2) is 0 Å². The van der Waals surface area contributed by atoms with Crippen LogP contribution in [0, 0.1) is 11.3 Å². The molecule has 1 unspecified atom stereocenters. The van der Waals surface area contributed by atoms with Crippen LogP contribution in [-0.4, -0.2) is 43.4 Å². The van der Waals surface area contributed by atoms with Gasteiger partial charge in [-0.2, -0.15) is 5.26 Å². The first-order valence-corrected chi connectivity index (χ1v) is 7.89. The molecular weight excluding hydrogens is 239 g/mol. The highest BCUT2D eigenvalue weighted by Crippen LogP contribution is 2.47. The van der Waals surface area contributed by atoms with E-state index in [1.54, 1.807) is 13.8 Å². The van der Waals surface area contributed by atoms with E-state index >= 15 is 0 Å². The Kier molecular flexibility index (Phi) is 6.15. The molecule has 0 spiro atoms. The smallest absolute Gasteiger partial charge is 0.309 e. The number of nitrogens with zero attached hydrogens (tertiary/aromatic N) is 2. The topological polar surface area (TPSA) is 62.6 Å². The zero-order valence-electron chi connectivity index (χ0n) is 10.6. The van der Waals surface area contributed by atoms with Crippen molar-refractivity contribution in [1.29, 1.82) is 5.26 Å². The van der Waals surface area contributed by atoms with Crippen molar-refractivity contribution in [3.8, 4) is 6.07 Å². The third-order valence-electron chi connectivity index (χ3n) is 2.83. The summed E-state index contributed by atoms with van der Waals surface area (Å²) >= 11 is 0. The molecule has 0 aromatic rings. The fourth-order valence-corrected chi connectivity index (χ4v) is 3.67. The van der Waals surface area contributed by atoms with E-state index in [1.807, 2.05) is 0 Å². The highest BCUT2D eigenvalue weighted by atomic mass is 31.2. The van der Waals surface area contributed by atoms with Gasteiger partial charge in [-0.1, -0.05) is 0 Å². The van der Waals surface area contributed by atoms with Crippen molar-refractivity contribution in [2.75, 3.05) is 32.5 Å². The van der Waals surface area contributed by atoms with Gasteiger partial charge in [0.2, 0.25) is 0 Å². The van der Waals surface area contributed by atoms with Crippen LogP contribution >= 0.6 is 7.60 Å². The minimum Gasteiger partial charge on any atom is -0.309 e. The molecule has 0 amide bonds. The summed E-state index contributed by atoms with van der Waals surface area (Å²) in [6, 6.07) is 2.23. The van der Waals surface area contributed by atoms with Gasteiger partial charge in [-0.05, 0) is 33.2 Å². The molecule has 17 heavy (non-hydrogen) atoms. The lowest BCUT2D eigenvalue weighted by Crippen LogP contribution is -2.31. The SMILES string of the molecule is CCOP(=O)(CCN1CCCC1C#N)OCC. The molecule has 98 valence electrons. The monoisotopic (exact) mass is 260 g/mol. The third kappa shape index (κ3) is 4.40. The van der Waals surface area contributed by atoms with E-state index in [0.717, 1.165) is 19.4 Å². The molecule has 1 heterocycles. The first kappa shape index (κ1) is 14.7. The molecule has 0 aromatic heterocycles. The van der Waals surface area contributed by atoms with Crippen LogP contribution in [0.25, 0.3) is 0 Å². The normalized spacial score (nSPS) is 21.6. The predicted molar refractivity (Wildman–Crippen MR) is 65.9 cm³/mol. The zero-order chi connectivity index (χ0) is 12.7. The lowest BCUT2D eigenvalue weighted by Gasteiger charge is -2.22. The first-order valence-electron chi connectivity index (χ1n) is 6.17. The molecule has 1 aliphatic heterocycles. The van der Waals surface area contributed by atoms with Gasteiger partial charge in [0.1, 0.15) is 0 Å². The van der Waals surface area contributed by atoms with Crippen molar-refractivity contribution in [3.63, 3.8) is 0 Å². The van der Waals surface area contributed by atoms with Crippen molar-refractivity contribution < 1.29 is 13.6 Å². The van der Waals surface area contributed by atoms with Crippen LogP contribution in [0.4, 0.5) is 0 Å². The van der Waals surface area contributed by atoms with Crippen molar-refractivity contribution >= 4 is 7.60 Å². The Hall–Kier alpha value is -0.400. The Morgan fingerprint density at radius 1 is 1.41 bits per heavy atom. The van der Waals surface area contributed by atoms with Crippen molar-refractivity contribution in [2.45, 2.75) is 32.7 Å². The molecule has 0 bridgehead atoms. The zero-order valence-corrected chi connectivity index (χ0v) is 11.5. The molecule has 0 aliphatic carbocycles. The van der Waals surface area contributed by atoms with Gasteiger partial charge in [0.05, 0.1) is 31.5 Å². The number of hydrogen-bond donors (Lipinski definition) is 0. The molecule has 1 saturated heterocycles. The predicted octanol–water partition coefficient (Wildman–Crippen LogP) is 2.24. The van der Waals surface area contributed by atoms with E-state index in [2.05, 4.69) is 11.0 Å². The van der Waals surface area contributed by atoms with Gasteiger partial charge in [0, 0.05) is 6.54 Å². The molecule has 1 rings (SSSR count). The van der Waals surface area contributed by atoms with Crippen LogP contribution in [-0.2, 0) is 13.6 Å². The molecule has 6 heteroatoms. The summed E-state index contributed by atoms with van der Waals surface area (Å²) in [5, 5.41) is 8.95. The van der Waals surface area contributed by atoms with Crippen molar-refractivity contribution in [3.05, 3.63) is 0 Å². The Labute approximate surface area is 103 Å². The van der Waals surface area contributed by atoms with Crippen LogP contribution < -0.4 is 0 Å². The van der Waals surface area contributed by atoms with E-state index in [4.69, 9.17) is 14.3 Å². The minimum absolute atomic E-state index is 0.0355. The summed E-state index contributed by atoms with van der Waals surface area (Å²) in [7, 11) is -2.96. The molecular formula is C11H21N2O3P. The largest absolute Gasteiger partial charge is 0.331 e. The molecule has 5 nitrogen and oxygen atoms in total. The Morgan fingerprint density at radius 3 is 2.59 bits per heavy atom. The number of hydrogen-bond acceptors (Lipinski definition) is 5. The van der Waals surface area contributed by atoms with Crippen LogP contribution in [0.5, 0.6) is 0 Å². The van der Waals surface area contributed by atoms with Gasteiger partial charge < -0.3 is 9.05 Å². The second-order valence-corrected chi connectivity index (χ2v) is 6.18. The molecule has 1 fully saturated rings. The van der Waals surface area contributed by atoms with E-state index < -0.39 is 7.60 Å². The lowest BCUT2D eigenvalue weighted by atomic mass is 10.2. The van der Waals surface area contributed by atoms with Gasteiger partial charge in [0.25, 0.3) is 0 Å². The van der Waals surface area contributed by atoms with E-state index in [9.17, 15) is 4.57 Å². The molecule has 0 N–H and O–H groups in total. The quantitative estimate of drug-likeness (QED) is 0.657. The summed E-state index contributed by atoms with van der Waals surface area (Å²) in [6.07, 6.45) is 2.31. The Balaban J connectivity index is 2.46. The summed E-state index contributed by atoms with van der Waals surface area (Å²) in [6.45, 7) is 5.89. The van der Waals surface area contributed by atoms with Gasteiger partial charge >= 0.3 is 7.60 Å². The Bertz CT molecular complexity index is 306. The first-order chi connectivity index (χ1) is 8.15. The average molecular weight is 260 g/mol. The summed E-state index contributed by atoms with van der Waals surface area (Å²) in [5.74, 6) is 0. The Morgan fingerprint density at radius 2 is 2.06 bits per heavy atom. The fraction of sp³-hybridized carbons (Fsp3) is 0.909. The number of rotatable bonds is 7. The van der Waals surface area contributed by atoms with E-state index in [1.165, 1.54) is 0 Å². The summed E-state index contributed by atoms with van der Waals surface area (Å²) in [5.41, 5.74) is 0. The maximum Gasteiger partial charge on any atom is 0.331 e. The highest BCUT2D eigenvalue weighted by Gasteiger charge is 2.29. The van der Waals surface area contributed by atoms with E-state index in [-0.39, 0.29) is 6.04 Å². The maximum absolute atomic E-state index is 12.2. The maximum atomic E-state index is 12.2. The summed E-state index contributed by atoms with van der Waals surface area (Å²) < 4.78 is 22.7. The van der Waals surface area contributed by atoms with Gasteiger partial charge in [-0.15, -0.1) is 0 Å². The van der Waals surface area contributed by atoms with Crippen molar-refractivity contribution in [2.24, 2.45) is 0 Å². The van der Waals surface area contributed by atoms with Crippen LogP contribution in [0.3, 0.4) is 0 Å². The fourth-order valence-electron chi connectivity index (χ4n) is 2.05. The molecule has 0 aromatic carbocycles. The summed E-state index contributed by atoms with van der Waals surface area (Å²) in [4.78, 5) is 2.06. The molecule has 0 saturated carbocycles. The second-order valence-electron chi connectivity index (χ2n) is 3.99. The standard InChI is InChI=1S/C11H21N2O3P/c1-3-15-17(14,16-4-2)9-8-13-7-5-6-11(13)10-12/h11H,3-9H2,1-2H3. The van der Waals surface area contributed by atoms with Gasteiger partial charge in [-0.3, -0.25) is 9.46 Å².